The van der Waals surface area contributed by atoms with Crippen LogP contribution in [0.15, 0.2) is 53.7 Å². The van der Waals surface area contributed by atoms with E-state index in [0.717, 1.165) is 30.5 Å². The molecule has 0 aliphatic carbocycles. The lowest BCUT2D eigenvalue weighted by Crippen LogP contribution is -2.24. The van der Waals surface area contributed by atoms with Crippen LogP contribution in [0.5, 0.6) is 0 Å². The quantitative estimate of drug-likeness (QED) is 0.390. The molecule has 0 radical (unpaired) electrons. The number of carbonyl (C=O) groups excluding carboxylic acids is 1. The molecule has 0 bridgehead atoms. The molecule has 1 amide bonds. The molecule has 33 heavy (non-hydrogen) atoms. The fraction of sp³-hybridized carbons (Fsp3) is 0.227. The summed E-state index contributed by atoms with van der Waals surface area (Å²) >= 11 is -2.18. The van der Waals surface area contributed by atoms with Gasteiger partial charge in [0.15, 0.2) is 10.1 Å². The maximum Gasteiger partial charge on any atom is 0.433 e. The number of carbonyl (C=O) groups is 1. The third-order valence-corrected chi connectivity index (χ3v) is 6.41. The van der Waals surface area contributed by atoms with Gasteiger partial charge in [-0.15, -0.1) is 0 Å². The number of hydrogen-bond donors (Lipinski definition) is 0. The molecule has 0 aliphatic heterocycles. The van der Waals surface area contributed by atoms with Crippen LogP contribution in [0.3, 0.4) is 0 Å². The van der Waals surface area contributed by atoms with E-state index in [0.29, 0.717) is 11.6 Å². The van der Waals surface area contributed by atoms with Crippen molar-refractivity contribution in [2.75, 3.05) is 14.1 Å². The lowest BCUT2D eigenvalue weighted by Gasteiger charge is -2.24. The summed E-state index contributed by atoms with van der Waals surface area (Å²) in [6.07, 6.45) is -2.67. The molecule has 0 N–H and O–H groups in total. The normalized spacial score (nSPS) is 13.5. The predicted octanol–water partition coefficient (Wildman–Crippen LogP) is 4.68. The van der Waals surface area contributed by atoms with Gasteiger partial charge in [0.25, 0.3) is 5.91 Å². The molecule has 3 rings (SSSR count). The highest BCUT2D eigenvalue weighted by Gasteiger charge is 2.36. The molecule has 2 unspecified atom stereocenters. The number of aryl methyl sites for hydroxylation is 1. The van der Waals surface area contributed by atoms with Crippen LogP contribution in [0.25, 0.3) is 0 Å². The highest BCUT2D eigenvalue weighted by atomic mass is 32.2. The van der Waals surface area contributed by atoms with Crippen LogP contribution in [-0.4, -0.2) is 39.4 Å². The van der Waals surface area contributed by atoms with Gasteiger partial charge in [-0.05, 0) is 60.1 Å². The first-order valence-corrected chi connectivity index (χ1v) is 10.7. The van der Waals surface area contributed by atoms with Gasteiger partial charge >= 0.3 is 6.18 Å². The summed E-state index contributed by atoms with van der Waals surface area (Å²) in [6.45, 7) is 1.58. The molecule has 0 aliphatic rings. The summed E-state index contributed by atoms with van der Waals surface area (Å²) < 4.78 is 80.7. The number of benzene rings is 1. The minimum absolute atomic E-state index is 0.0849. The van der Waals surface area contributed by atoms with Crippen LogP contribution < -0.4 is 0 Å². The van der Waals surface area contributed by atoms with E-state index in [1.165, 1.54) is 31.3 Å². The van der Waals surface area contributed by atoms with Crippen LogP contribution in [0.4, 0.5) is 22.0 Å². The summed E-state index contributed by atoms with van der Waals surface area (Å²) in [6, 6.07) is 5.69. The summed E-state index contributed by atoms with van der Waals surface area (Å²) in [5, 5.41) is -1.32. The zero-order chi connectivity index (χ0) is 24.5. The molecule has 3 aromatic rings. The smallest absolute Gasteiger partial charge is 0.433 e. The molecule has 1 aromatic carbocycles. The first-order chi connectivity index (χ1) is 15.4. The largest absolute Gasteiger partial charge is 0.611 e. The maximum absolute atomic E-state index is 14.7. The molecule has 5 nitrogen and oxygen atoms in total. The van der Waals surface area contributed by atoms with E-state index < -0.39 is 45.8 Å². The van der Waals surface area contributed by atoms with Gasteiger partial charge in [0.1, 0.15) is 23.0 Å². The number of nitrogens with zero attached hydrogens (tertiary/aromatic N) is 3. The minimum atomic E-state index is -4.69. The number of halogens is 5. The van der Waals surface area contributed by atoms with Crippen LogP contribution in [0.1, 0.15) is 38.1 Å². The fourth-order valence-corrected chi connectivity index (χ4v) is 4.62. The van der Waals surface area contributed by atoms with E-state index in [4.69, 9.17) is 0 Å². The van der Waals surface area contributed by atoms with Crippen LogP contribution in [0.2, 0.25) is 0 Å². The summed E-state index contributed by atoms with van der Waals surface area (Å²) in [5.41, 5.74) is -0.738. The Balaban J connectivity index is 2.13. The van der Waals surface area contributed by atoms with E-state index in [2.05, 4.69) is 9.97 Å². The summed E-state index contributed by atoms with van der Waals surface area (Å²) in [5.74, 6) is -2.04. The van der Waals surface area contributed by atoms with E-state index in [-0.39, 0.29) is 21.7 Å². The number of amides is 1. The standard InChI is InChI=1S/C22H18F5N3O2S/c1-12-8-18(21(31)30(2)3)28-11-16(12)20(15-9-13(23)4-6-17(15)24)33(32)14-5-7-19(29-10-14)22(25,26)27/h4-11,20H,1-3H3. The van der Waals surface area contributed by atoms with Gasteiger partial charge in [0.05, 0.1) is 6.20 Å². The molecular weight excluding hydrogens is 465 g/mol. The van der Waals surface area contributed by atoms with Gasteiger partial charge in [-0.1, -0.05) is 0 Å². The lowest BCUT2D eigenvalue weighted by atomic mass is 10.0. The number of alkyl halides is 3. The fourth-order valence-electron chi connectivity index (χ4n) is 3.10. The van der Waals surface area contributed by atoms with Gasteiger partial charge < -0.3 is 9.45 Å². The third kappa shape index (κ3) is 5.31. The number of rotatable bonds is 5. The monoisotopic (exact) mass is 483 g/mol. The van der Waals surface area contributed by atoms with E-state index in [1.807, 2.05) is 0 Å². The average Bonchev–Trinajstić information content (AvgIpc) is 2.76. The molecule has 0 saturated heterocycles. The predicted molar refractivity (Wildman–Crippen MR) is 111 cm³/mol. The van der Waals surface area contributed by atoms with Gasteiger partial charge in [0.2, 0.25) is 0 Å². The zero-order valence-electron chi connectivity index (χ0n) is 17.7. The van der Waals surface area contributed by atoms with Crippen molar-refractivity contribution >= 4 is 17.1 Å². The van der Waals surface area contributed by atoms with E-state index in [1.54, 1.807) is 6.92 Å². The molecule has 0 saturated carbocycles. The zero-order valence-corrected chi connectivity index (χ0v) is 18.5. The van der Waals surface area contributed by atoms with Crippen molar-refractivity contribution in [3.05, 3.63) is 88.5 Å². The highest BCUT2D eigenvalue weighted by Crippen LogP contribution is 2.38. The average molecular weight is 483 g/mol. The second-order valence-electron chi connectivity index (χ2n) is 7.35. The van der Waals surface area contributed by atoms with Gasteiger partial charge in [0, 0.05) is 31.4 Å². The topological polar surface area (TPSA) is 69.2 Å². The van der Waals surface area contributed by atoms with Crippen molar-refractivity contribution in [1.29, 1.82) is 0 Å². The van der Waals surface area contributed by atoms with Crippen molar-refractivity contribution < 1.29 is 31.3 Å². The molecule has 2 aromatic heterocycles. The van der Waals surface area contributed by atoms with Crippen LogP contribution in [-0.2, 0) is 17.4 Å². The van der Waals surface area contributed by atoms with Gasteiger partial charge in [-0.25, -0.2) is 13.8 Å². The van der Waals surface area contributed by atoms with Crippen molar-refractivity contribution in [3.63, 3.8) is 0 Å². The molecule has 11 heteroatoms. The Bertz CT molecular complexity index is 1170. The number of aromatic nitrogens is 2. The molecule has 174 valence electrons. The Hall–Kier alpha value is -3.05. The van der Waals surface area contributed by atoms with Crippen LogP contribution in [0, 0.1) is 18.6 Å². The van der Waals surface area contributed by atoms with Crippen molar-refractivity contribution in [3.8, 4) is 0 Å². The SMILES string of the molecule is Cc1cc(C(=O)N(C)C)ncc1C(c1cc(F)ccc1F)[S+]([O-])c1ccc(C(F)(F)F)nc1. The minimum Gasteiger partial charge on any atom is -0.611 e. The molecule has 0 spiro atoms. The molecule has 2 heterocycles. The maximum atomic E-state index is 14.7. The molecular formula is C22H18F5N3O2S. The Morgan fingerprint density at radius 1 is 1.03 bits per heavy atom. The van der Waals surface area contributed by atoms with Crippen molar-refractivity contribution in [1.82, 2.24) is 14.9 Å². The van der Waals surface area contributed by atoms with E-state index in [9.17, 15) is 31.3 Å². The summed E-state index contributed by atoms with van der Waals surface area (Å²) in [4.78, 5) is 20.8. The Kier molecular flexibility index (Phi) is 7.03. The first kappa shape index (κ1) is 24.6. The number of hydrogen-bond acceptors (Lipinski definition) is 4. The molecule has 2 atom stereocenters. The van der Waals surface area contributed by atoms with E-state index >= 15 is 0 Å². The summed E-state index contributed by atoms with van der Waals surface area (Å²) in [7, 11) is 3.07. The second kappa shape index (κ2) is 9.44. The Morgan fingerprint density at radius 3 is 2.27 bits per heavy atom. The van der Waals surface area contributed by atoms with Gasteiger partial charge in [-0.3, -0.25) is 9.78 Å². The molecule has 0 fully saturated rings. The number of pyridine rings is 2. The van der Waals surface area contributed by atoms with Gasteiger partial charge in [-0.2, -0.15) is 13.2 Å². The van der Waals surface area contributed by atoms with Crippen molar-refractivity contribution in [2.45, 2.75) is 23.2 Å². The second-order valence-corrected chi connectivity index (χ2v) is 8.88. The first-order valence-electron chi connectivity index (χ1n) is 9.47. The van der Waals surface area contributed by atoms with Crippen molar-refractivity contribution in [2.24, 2.45) is 0 Å². The lowest BCUT2D eigenvalue weighted by molar-refractivity contribution is -0.141. The Labute approximate surface area is 189 Å². The van der Waals surface area contributed by atoms with Crippen LogP contribution >= 0.6 is 0 Å². The third-order valence-electron chi connectivity index (χ3n) is 4.77. The Morgan fingerprint density at radius 2 is 1.73 bits per heavy atom. The highest BCUT2D eigenvalue weighted by molar-refractivity contribution is 7.91.